The van der Waals surface area contributed by atoms with E-state index in [1.807, 2.05) is 36.4 Å². The second kappa shape index (κ2) is 11.7. The summed E-state index contributed by atoms with van der Waals surface area (Å²) in [4.78, 5) is 24.5. The fraction of sp³-hybridized carbons (Fsp3) is 0.125. The van der Waals surface area contributed by atoms with Crippen molar-refractivity contribution in [3.63, 3.8) is 0 Å². The van der Waals surface area contributed by atoms with Crippen LogP contribution in [-0.4, -0.2) is 23.3 Å². The number of hydrogen-bond donors (Lipinski definition) is 2. The number of thioether (sulfide) groups is 1. The molecule has 32 heavy (non-hydrogen) atoms. The average Bonchev–Trinajstić information content (AvgIpc) is 2.77. The van der Waals surface area contributed by atoms with Gasteiger partial charge in [0.05, 0.1) is 11.5 Å². The molecule has 0 fully saturated rings. The van der Waals surface area contributed by atoms with Gasteiger partial charge in [0.15, 0.2) is 0 Å². The van der Waals surface area contributed by atoms with Crippen LogP contribution in [0, 0.1) is 0 Å². The van der Waals surface area contributed by atoms with Crippen molar-refractivity contribution in [3.05, 3.63) is 99.5 Å². The first-order chi connectivity index (χ1) is 15.4. The SMILES string of the molecule is C/C(=N/NC(=O)CSCc1cccc(Cl)c1)c1cccc(NC(=O)c2cccc(Cl)c2)c1. The van der Waals surface area contributed by atoms with Gasteiger partial charge in [0, 0.05) is 27.0 Å². The summed E-state index contributed by atoms with van der Waals surface area (Å²) in [5.41, 5.74) is 6.12. The Balaban J connectivity index is 1.53. The van der Waals surface area contributed by atoms with Crippen LogP contribution >= 0.6 is 35.0 Å². The minimum atomic E-state index is -0.260. The molecule has 0 atom stereocenters. The quantitative estimate of drug-likeness (QED) is 0.302. The fourth-order valence-electron chi connectivity index (χ4n) is 2.79. The molecule has 8 heteroatoms. The molecule has 0 aliphatic carbocycles. The zero-order valence-electron chi connectivity index (χ0n) is 17.3. The Bertz CT molecular complexity index is 1150. The van der Waals surface area contributed by atoms with Crippen molar-refractivity contribution in [2.75, 3.05) is 11.1 Å². The lowest BCUT2D eigenvalue weighted by molar-refractivity contribution is -0.118. The molecule has 0 aromatic heterocycles. The number of hydrogen-bond acceptors (Lipinski definition) is 4. The van der Waals surface area contributed by atoms with E-state index in [1.54, 1.807) is 43.3 Å². The number of carbonyl (C=O) groups is 2. The third-order valence-corrected chi connectivity index (χ3v) is 5.84. The number of benzene rings is 3. The van der Waals surface area contributed by atoms with Gasteiger partial charge in [0.25, 0.3) is 5.91 Å². The molecule has 2 amide bonds. The van der Waals surface area contributed by atoms with Crippen molar-refractivity contribution in [3.8, 4) is 0 Å². The summed E-state index contributed by atoms with van der Waals surface area (Å²) in [5, 5.41) is 8.19. The highest BCUT2D eigenvalue weighted by Gasteiger charge is 2.08. The van der Waals surface area contributed by atoms with Crippen LogP contribution in [0.15, 0.2) is 77.9 Å². The summed E-state index contributed by atoms with van der Waals surface area (Å²) in [5.74, 6) is 0.510. The molecule has 3 aromatic rings. The number of halogens is 2. The Labute approximate surface area is 201 Å². The van der Waals surface area contributed by atoms with Gasteiger partial charge in [-0.15, -0.1) is 11.8 Å². The first kappa shape index (κ1) is 23.9. The van der Waals surface area contributed by atoms with E-state index in [1.165, 1.54) is 11.8 Å². The van der Waals surface area contributed by atoms with Gasteiger partial charge in [-0.05, 0) is 60.5 Å². The molecule has 3 aromatic carbocycles. The van der Waals surface area contributed by atoms with E-state index in [4.69, 9.17) is 23.2 Å². The molecule has 0 heterocycles. The standard InChI is InChI=1S/C24H21Cl2N3O2S/c1-16(28-29-23(30)15-32-14-17-5-2-8-20(25)11-17)18-6-4-10-22(13-18)27-24(31)19-7-3-9-21(26)12-19/h2-13H,14-15H2,1H3,(H,27,31)(H,29,30)/b28-16-. The molecular formula is C24H21Cl2N3O2S. The summed E-state index contributed by atoms with van der Waals surface area (Å²) < 4.78 is 0. The van der Waals surface area contributed by atoms with E-state index in [9.17, 15) is 9.59 Å². The van der Waals surface area contributed by atoms with Crippen molar-refractivity contribution in [2.45, 2.75) is 12.7 Å². The smallest absolute Gasteiger partial charge is 0.255 e. The Morgan fingerprint density at radius 1 is 0.906 bits per heavy atom. The van der Waals surface area contributed by atoms with Crippen LogP contribution < -0.4 is 10.7 Å². The molecule has 0 bridgehead atoms. The Kier molecular flexibility index (Phi) is 8.73. The summed E-state index contributed by atoms with van der Waals surface area (Å²) in [7, 11) is 0. The maximum Gasteiger partial charge on any atom is 0.255 e. The molecule has 5 nitrogen and oxygen atoms in total. The van der Waals surface area contributed by atoms with Crippen LogP contribution in [0.4, 0.5) is 5.69 Å². The first-order valence-corrected chi connectivity index (χ1v) is 11.6. The number of amides is 2. The van der Waals surface area contributed by atoms with Gasteiger partial charge in [0.1, 0.15) is 0 Å². The number of rotatable bonds is 8. The van der Waals surface area contributed by atoms with Gasteiger partial charge in [-0.1, -0.05) is 53.5 Å². The molecule has 0 saturated carbocycles. The molecule has 164 valence electrons. The third kappa shape index (κ3) is 7.41. The zero-order valence-corrected chi connectivity index (χ0v) is 19.6. The Morgan fingerprint density at radius 3 is 2.34 bits per heavy atom. The van der Waals surface area contributed by atoms with E-state index < -0.39 is 0 Å². The summed E-state index contributed by atoms with van der Waals surface area (Å²) in [6.07, 6.45) is 0. The number of nitrogens with one attached hydrogen (secondary N) is 2. The Hall–Kier alpha value is -2.80. The minimum Gasteiger partial charge on any atom is -0.322 e. The second-order valence-electron chi connectivity index (χ2n) is 6.90. The van der Waals surface area contributed by atoms with Crippen molar-refractivity contribution >= 4 is 58.2 Å². The van der Waals surface area contributed by atoms with Gasteiger partial charge in [-0.3, -0.25) is 9.59 Å². The minimum absolute atomic E-state index is 0.193. The second-order valence-corrected chi connectivity index (χ2v) is 8.76. The van der Waals surface area contributed by atoms with E-state index in [0.29, 0.717) is 32.8 Å². The van der Waals surface area contributed by atoms with Crippen LogP contribution in [0.25, 0.3) is 0 Å². The molecule has 0 saturated heterocycles. The van der Waals surface area contributed by atoms with E-state index >= 15 is 0 Å². The van der Waals surface area contributed by atoms with E-state index in [2.05, 4.69) is 15.8 Å². The average molecular weight is 486 g/mol. The predicted molar refractivity (Wildman–Crippen MR) is 134 cm³/mol. The number of anilines is 1. The van der Waals surface area contributed by atoms with Gasteiger partial charge < -0.3 is 5.32 Å². The fourth-order valence-corrected chi connectivity index (χ4v) is 3.96. The number of nitrogens with zero attached hydrogens (tertiary/aromatic N) is 1. The van der Waals surface area contributed by atoms with Crippen molar-refractivity contribution in [2.24, 2.45) is 5.10 Å². The lowest BCUT2D eigenvalue weighted by Gasteiger charge is -2.08. The van der Waals surface area contributed by atoms with Gasteiger partial charge in [-0.2, -0.15) is 5.10 Å². The Morgan fingerprint density at radius 2 is 1.59 bits per heavy atom. The molecular weight excluding hydrogens is 465 g/mol. The van der Waals surface area contributed by atoms with Gasteiger partial charge in [-0.25, -0.2) is 5.43 Å². The molecule has 0 aliphatic heterocycles. The number of carbonyl (C=O) groups excluding carboxylic acids is 2. The molecule has 0 radical (unpaired) electrons. The van der Waals surface area contributed by atoms with Crippen LogP contribution in [0.2, 0.25) is 10.0 Å². The van der Waals surface area contributed by atoms with Gasteiger partial charge in [0.2, 0.25) is 5.91 Å². The highest BCUT2D eigenvalue weighted by atomic mass is 35.5. The third-order valence-electron chi connectivity index (χ3n) is 4.36. The normalized spacial score (nSPS) is 11.2. The maximum atomic E-state index is 12.4. The van der Waals surface area contributed by atoms with E-state index in [-0.39, 0.29) is 17.6 Å². The van der Waals surface area contributed by atoms with E-state index in [0.717, 1.165) is 11.1 Å². The molecule has 3 rings (SSSR count). The zero-order chi connectivity index (χ0) is 22.9. The molecule has 0 unspecified atom stereocenters. The largest absolute Gasteiger partial charge is 0.322 e. The predicted octanol–water partition coefficient (Wildman–Crippen LogP) is 6.02. The first-order valence-electron chi connectivity index (χ1n) is 9.73. The van der Waals surface area contributed by atoms with Crippen molar-refractivity contribution in [1.82, 2.24) is 5.43 Å². The number of hydrazone groups is 1. The summed E-state index contributed by atoms with van der Waals surface area (Å²) in [6.45, 7) is 1.79. The van der Waals surface area contributed by atoms with Crippen LogP contribution in [-0.2, 0) is 10.5 Å². The van der Waals surface area contributed by atoms with Gasteiger partial charge >= 0.3 is 0 Å². The summed E-state index contributed by atoms with van der Waals surface area (Å²) >= 11 is 13.4. The summed E-state index contributed by atoms with van der Waals surface area (Å²) in [6, 6.07) is 21.5. The van der Waals surface area contributed by atoms with Crippen molar-refractivity contribution in [1.29, 1.82) is 0 Å². The van der Waals surface area contributed by atoms with Crippen LogP contribution in [0.5, 0.6) is 0 Å². The maximum absolute atomic E-state index is 12.4. The van der Waals surface area contributed by atoms with Crippen LogP contribution in [0.1, 0.15) is 28.4 Å². The van der Waals surface area contributed by atoms with Crippen molar-refractivity contribution < 1.29 is 9.59 Å². The van der Waals surface area contributed by atoms with Crippen LogP contribution in [0.3, 0.4) is 0 Å². The molecule has 0 spiro atoms. The highest BCUT2D eigenvalue weighted by Crippen LogP contribution is 2.17. The lowest BCUT2D eigenvalue weighted by atomic mass is 10.1. The molecule has 0 aliphatic rings. The monoisotopic (exact) mass is 485 g/mol. The lowest BCUT2D eigenvalue weighted by Crippen LogP contribution is -2.21. The topological polar surface area (TPSA) is 70.6 Å². The highest BCUT2D eigenvalue weighted by molar-refractivity contribution is 7.99. The molecule has 2 N–H and O–H groups in total.